The van der Waals surface area contributed by atoms with Gasteiger partial charge in [-0.1, -0.05) is 44.2 Å². The summed E-state index contributed by atoms with van der Waals surface area (Å²) in [6.07, 6.45) is 3.48. The van der Waals surface area contributed by atoms with E-state index in [4.69, 9.17) is 9.47 Å². The number of fused-ring (bicyclic) bond motifs is 3. The fourth-order valence-corrected chi connectivity index (χ4v) is 5.77. The summed E-state index contributed by atoms with van der Waals surface area (Å²) in [7, 11) is 0. The number of thiophene rings is 1. The molecule has 1 aliphatic carbocycles. The molecule has 38 heavy (non-hydrogen) atoms. The van der Waals surface area contributed by atoms with Crippen molar-refractivity contribution in [2.45, 2.75) is 59.3 Å². The Balaban J connectivity index is 1.70. The second kappa shape index (κ2) is 11.0. The van der Waals surface area contributed by atoms with Gasteiger partial charge in [-0.05, 0) is 79.5 Å². The van der Waals surface area contributed by atoms with Crippen LogP contribution in [0.2, 0.25) is 0 Å². The summed E-state index contributed by atoms with van der Waals surface area (Å²) in [5, 5.41) is 0.430. The molecule has 0 atom stereocenters. The molecule has 0 unspecified atom stereocenters. The number of hydrogen-bond donors (Lipinski definition) is 0. The monoisotopic (exact) mass is 531 g/mol. The highest BCUT2D eigenvalue weighted by Gasteiger charge is 2.31. The third-order valence-electron chi connectivity index (χ3n) is 6.68. The van der Waals surface area contributed by atoms with Crippen molar-refractivity contribution in [1.82, 2.24) is 0 Å². The average molecular weight is 532 g/mol. The Hall–Kier alpha value is -3.58. The van der Waals surface area contributed by atoms with Crippen LogP contribution in [0.3, 0.4) is 0 Å². The molecule has 0 aliphatic heterocycles. The second-order valence-electron chi connectivity index (χ2n) is 10.2. The van der Waals surface area contributed by atoms with Gasteiger partial charge >= 0.3 is 11.9 Å². The first-order chi connectivity index (χ1) is 18.1. The van der Waals surface area contributed by atoms with E-state index >= 15 is 0 Å². The van der Waals surface area contributed by atoms with Crippen LogP contribution in [-0.4, -0.2) is 37.7 Å². The van der Waals surface area contributed by atoms with Crippen LogP contribution in [-0.2, 0) is 26.1 Å². The molecule has 0 radical (unpaired) electrons. The van der Waals surface area contributed by atoms with E-state index in [0.29, 0.717) is 5.00 Å². The van der Waals surface area contributed by atoms with Gasteiger partial charge < -0.3 is 14.3 Å². The molecular weight excluding hydrogens is 498 g/mol. The first-order valence-electron chi connectivity index (χ1n) is 12.9. The van der Waals surface area contributed by atoms with Crippen molar-refractivity contribution in [3.05, 3.63) is 74.7 Å². The molecule has 3 aromatic rings. The molecule has 4 rings (SSSR count). The summed E-state index contributed by atoms with van der Waals surface area (Å²) in [4.78, 5) is 42.7. The average Bonchev–Trinajstić information content (AvgIpc) is 3.45. The third-order valence-corrected chi connectivity index (χ3v) is 8.07. The Labute approximate surface area is 227 Å². The number of carbonyl (C=O) groups is 3. The number of carbonyl (C=O) groups excluding carboxylic acids is 3. The number of rotatable bonds is 9. The lowest BCUT2D eigenvalue weighted by Gasteiger charge is -2.18. The maximum Gasteiger partial charge on any atom is 0.342 e. The fraction of sp³-hybridized carbons (Fsp3) is 0.355. The van der Waals surface area contributed by atoms with Crippen LogP contribution in [0.15, 0.2) is 41.4 Å². The first-order valence-corrected chi connectivity index (χ1v) is 13.7. The number of nitrogens with zero attached hydrogens (tertiary/aromatic N) is 1. The van der Waals surface area contributed by atoms with Crippen molar-refractivity contribution >= 4 is 40.8 Å². The van der Waals surface area contributed by atoms with Crippen LogP contribution >= 0.6 is 11.3 Å². The van der Waals surface area contributed by atoms with Gasteiger partial charge in [0, 0.05) is 16.5 Å². The molecule has 198 valence electrons. The van der Waals surface area contributed by atoms with E-state index in [2.05, 4.69) is 29.3 Å². The maximum atomic E-state index is 12.9. The fourth-order valence-electron chi connectivity index (χ4n) is 4.65. The topological polar surface area (TPSA) is 82.0 Å². The van der Waals surface area contributed by atoms with E-state index in [1.165, 1.54) is 33.6 Å². The molecule has 0 spiro atoms. The van der Waals surface area contributed by atoms with Gasteiger partial charge in [0.1, 0.15) is 16.9 Å². The quantitative estimate of drug-likeness (QED) is 0.132. The highest BCUT2D eigenvalue weighted by atomic mass is 32.1. The van der Waals surface area contributed by atoms with Crippen molar-refractivity contribution in [3.8, 4) is 11.1 Å². The molecule has 1 aromatic heterocycles. The molecule has 7 heteroatoms. The highest BCUT2D eigenvalue weighted by molar-refractivity contribution is 7.16. The number of aldehydes is 1. The van der Waals surface area contributed by atoms with E-state index in [0.717, 1.165) is 28.7 Å². The number of aliphatic imine (C=N–C) groups is 1. The van der Waals surface area contributed by atoms with Crippen LogP contribution in [0, 0.1) is 0 Å². The molecule has 0 saturated heterocycles. The predicted molar refractivity (Wildman–Crippen MR) is 151 cm³/mol. The second-order valence-corrected chi connectivity index (χ2v) is 11.2. The van der Waals surface area contributed by atoms with Crippen molar-refractivity contribution in [2.75, 3.05) is 13.2 Å². The Bertz CT molecular complexity index is 1430. The summed E-state index contributed by atoms with van der Waals surface area (Å²) in [5.74, 6) is -1.11. The van der Waals surface area contributed by atoms with Gasteiger partial charge in [-0.15, -0.1) is 11.3 Å². The summed E-state index contributed by atoms with van der Waals surface area (Å²) in [6, 6.07) is 12.4. The van der Waals surface area contributed by atoms with Crippen molar-refractivity contribution < 1.29 is 23.9 Å². The normalized spacial score (nSPS) is 12.5. The molecule has 0 amide bonds. The summed E-state index contributed by atoms with van der Waals surface area (Å²) in [5.41, 5.74) is 6.49. The number of hydrogen-bond acceptors (Lipinski definition) is 7. The van der Waals surface area contributed by atoms with Gasteiger partial charge in [-0.2, -0.15) is 0 Å². The van der Waals surface area contributed by atoms with Gasteiger partial charge in [0.15, 0.2) is 0 Å². The van der Waals surface area contributed by atoms with Crippen molar-refractivity contribution in [1.29, 1.82) is 0 Å². The standard InChI is InChI=1S/C31H33NO5S/c1-7-36-29(34)25-26(30(35)37-8-2)28(38-27(25)18(3)4)32-16-19-9-11-23-20(13-19)14-21-15-22(10-12-24(21)23)31(5,6)17-33/h9-13,15-18H,7-8,14H2,1-6H3/b32-16+. The first kappa shape index (κ1) is 27.5. The smallest absolute Gasteiger partial charge is 0.342 e. The lowest BCUT2D eigenvalue weighted by atomic mass is 9.84. The van der Waals surface area contributed by atoms with Crippen LogP contribution in [0.25, 0.3) is 11.1 Å². The van der Waals surface area contributed by atoms with Crippen LogP contribution in [0.1, 0.15) is 95.3 Å². The molecular formula is C31H33NO5S. The SMILES string of the molecule is CCOC(=O)c1c(/N=C/c2ccc3c(c2)Cc2cc(C(C)(C)C=O)ccc2-3)sc(C(C)C)c1C(=O)OCC. The minimum atomic E-state index is -0.579. The summed E-state index contributed by atoms with van der Waals surface area (Å²) < 4.78 is 10.6. The van der Waals surface area contributed by atoms with Gasteiger partial charge in [-0.25, -0.2) is 14.6 Å². The highest BCUT2D eigenvalue weighted by Crippen LogP contribution is 2.41. The molecule has 1 aliphatic rings. The van der Waals surface area contributed by atoms with E-state index in [9.17, 15) is 14.4 Å². The zero-order chi connectivity index (χ0) is 27.6. The Morgan fingerprint density at radius 1 is 0.974 bits per heavy atom. The molecule has 6 nitrogen and oxygen atoms in total. The molecule has 0 bridgehead atoms. The molecule has 0 fully saturated rings. The van der Waals surface area contributed by atoms with Crippen LogP contribution < -0.4 is 0 Å². The van der Waals surface area contributed by atoms with Gasteiger partial charge in [0.05, 0.1) is 18.8 Å². The van der Waals surface area contributed by atoms with Crippen molar-refractivity contribution in [2.24, 2.45) is 4.99 Å². The number of benzene rings is 2. The largest absolute Gasteiger partial charge is 0.462 e. The summed E-state index contributed by atoms with van der Waals surface area (Å²) >= 11 is 1.31. The van der Waals surface area contributed by atoms with E-state index in [-0.39, 0.29) is 30.3 Å². The van der Waals surface area contributed by atoms with Crippen LogP contribution in [0.5, 0.6) is 0 Å². The van der Waals surface area contributed by atoms with E-state index in [1.54, 1.807) is 20.1 Å². The van der Waals surface area contributed by atoms with Crippen molar-refractivity contribution in [3.63, 3.8) is 0 Å². The van der Waals surface area contributed by atoms with E-state index in [1.807, 2.05) is 39.8 Å². The molecule has 0 N–H and O–H groups in total. The predicted octanol–water partition coefficient (Wildman–Crippen LogP) is 7.02. The lowest BCUT2D eigenvalue weighted by molar-refractivity contribution is -0.111. The minimum absolute atomic E-state index is 0.00381. The molecule has 2 aromatic carbocycles. The van der Waals surface area contributed by atoms with Crippen LogP contribution in [0.4, 0.5) is 5.00 Å². The van der Waals surface area contributed by atoms with Gasteiger partial charge in [-0.3, -0.25) is 0 Å². The summed E-state index contributed by atoms with van der Waals surface area (Å²) in [6.45, 7) is 11.6. The maximum absolute atomic E-state index is 12.9. The lowest BCUT2D eigenvalue weighted by Crippen LogP contribution is -2.18. The van der Waals surface area contributed by atoms with Gasteiger partial charge in [0.2, 0.25) is 0 Å². The number of ether oxygens (including phenoxy) is 2. The minimum Gasteiger partial charge on any atom is -0.462 e. The Kier molecular flexibility index (Phi) is 7.97. The van der Waals surface area contributed by atoms with Gasteiger partial charge in [0.25, 0.3) is 0 Å². The zero-order valence-electron chi connectivity index (χ0n) is 22.7. The zero-order valence-corrected chi connectivity index (χ0v) is 23.5. The molecule has 0 saturated carbocycles. The Morgan fingerprint density at radius 2 is 1.58 bits per heavy atom. The number of esters is 2. The molecule has 1 heterocycles. The third kappa shape index (κ3) is 5.20. The van der Waals surface area contributed by atoms with E-state index < -0.39 is 17.4 Å². The Morgan fingerprint density at radius 3 is 2.18 bits per heavy atom.